The lowest BCUT2D eigenvalue weighted by Gasteiger charge is -2.21. The number of ether oxygens (including phenoxy) is 1. The molecule has 1 aromatic heterocycles. The molecule has 26 heavy (non-hydrogen) atoms. The fraction of sp³-hybridized carbons (Fsp3) is 0.500. The van der Waals surface area contributed by atoms with E-state index in [0.29, 0.717) is 13.1 Å². The van der Waals surface area contributed by atoms with Crippen LogP contribution in [0, 0.1) is 6.92 Å². The maximum atomic E-state index is 5.39. The number of benzene rings is 1. The Morgan fingerprint density at radius 1 is 1.38 bits per heavy atom. The third kappa shape index (κ3) is 6.15. The molecule has 0 fully saturated rings. The number of nitrogens with zero attached hydrogens (tertiary/aromatic N) is 5. The van der Waals surface area contributed by atoms with E-state index in [-0.39, 0.29) is 24.0 Å². The van der Waals surface area contributed by atoms with Gasteiger partial charge in [-0.25, -0.2) is 4.98 Å². The maximum absolute atomic E-state index is 5.39. The van der Waals surface area contributed by atoms with Crippen LogP contribution in [0.25, 0.3) is 0 Å². The highest BCUT2D eigenvalue weighted by Crippen LogP contribution is 2.19. The first-order valence-electron chi connectivity index (χ1n) is 8.51. The molecule has 0 aliphatic carbocycles. The molecule has 8 heteroatoms. The summed E-state index contributed by atoms with van der Waals surface area (Å²) >= 11 is 0. The fourth-order valence-corrected chi connectivity index (χ4v) is 2.53. The third-order valence-electron chi connectivity index (χ3n) is 4.01. The molecule has 0 saturated heterocycles. The molecule has 0 aliphatic heterocycles. The van der Waals surface area contributed by atoms with Crippen LogP contribution in [0.1, 0.15) is 23.9 Å². The fourth-order valence-electron chi connectivity index (χ4n) is 2.53. The number of aromatic nitrogens is 3. The van der Waals surface area contributed by atoms with Crippen molar-refractivity contribution < 1.29 is 4.74 Å². The van der Waals surface area contributed by atoms with Crippen LogP contribution in [-0.2, 0) is 20.0 Å². The lowest BCUT2D eigenvalue weighted by molar-refractivity contribution is 0.411. The average molecular weight is 472 g/mol. The van der Waals surface area contributed by atoms with E-state index in [1.807, 2.05) is 21.0 Å². The Kier molecular flexibility index (Phi) is 9.39. The monoisotopic (exact) mass is 472 g/mol. The van der Waals surface area contributed by atoms with Crippen molar-refractivity contribution in [2.45, 2.75) is 26.8 Å². The first-order chi connectivity index (χ1) is 12.0. The second-order valence-corrected chi connectivity index (χ2v) is 5.95. The molecule has 0 amide bonds. The highest BCUT2D eigenvalue weighted by Gasteiger charge is 2.10. The Morgan fingerprint density at radius 3 is 2.77 bits per heavy atom. The van der Waals surface area contributed by atoms with Crippen LogP contribution >= 0.6 is 24.0 Å². The van der Waals surface area contributed by atoms with E-state index in [2.05, 4.69) is 45.4 Å². The number of hydrogen-bond donors (Lipinski definition) is 1. The lowest BCUT2D eigenvalue weighted by Crippen LogP contribution is -2.39. The number of aryl methyl sites for hydroxylation is 2. The normalized spacial score (nSPS) is 11.0. The van der Waals surface area contributed by atoms with Crippen molar-refractivity contribution in [3.63, 3.8) is 0 Å². The molecule has 7 nitrogen and oxygen atoms in total. The van der Waals surface area contributed by atoms with Gasteiger partial charge < -0.3 is 15.0 Å². The van der Waals surface area contributed by atoms with Crippen LogP contribution in [0.2, 0.25) is 0 Å². The topological polar surface area (TPSA) is 67.6 Å². The summed E-state index contributed by atoms with van der Waals surface area (Å²) < 4.78 is 7.16. The first-order valence-corrected chi connectivity index (χ1v) is 8.51. The number of rotatable bonds is 7. The Bertz CT molecular complexity index is 715. The average Bonchev–Trinajstić information content (AvgIpc) is 3.00. The molecule has 0 spiro atoms. The number of nitrogens with one attached hydrogen (secondary N) is 1. The predicted molar refractivity (Wildman–Crippen MR) is 115 cm³/mol. The summed E-state index contributed by atoms with van der Waals surface area (Å²) in [5.41, 5.74) is 2.37. The molecule has 1 heterocycles. The van der Waals surface area contributed by atoms with Gasteiger partial charge in [-0.15, -0.1) is 24.0 Å². The molecular weight excluding hydrogens is 443 g/mol. The van der Waals surface area contributed by atoms with Gasteiger partial charge in [-0.2, -0.15) is 5.10 Å². The molecule has 0 unspecified atom stereocenters. The quantitative estimate of drug-likeness (QED) is 0.381. The zero-order chi connectivity index (χ0) is 18.2. The van der Waals surface area contributed by atoms with Crippen molar-refractivity contribution in [3.05, 3.63) is 41.5 Å². The summed E-state index contributed by atoms with van der Waals surface area (Å²) in [6.07, 6.45) is 2.43. The van der Waals surface area contributed by atoms with E-state index < -0.39 is 0 Å². The van der Waals surface area contributed by atoms with Crippen molar-refractivity contribution >= 4 is 29.9 Å². The number of hydrogen-bond acceptors (Lipinski definition) is 4. The van der Waals surface area contributed by atoms with Gasteiger partial charge in [-0.3, -0.25) is 9.67 Å². The minimum atomic E-state index is 0. The Balaban J connectivity index is 0.00000338. The van der Waals surface area contributed by atoms with Crippen LogP contribution in [0.4, 0.5) is 0 Å². The predicted octanol–water partition coefficient (Wildman–Crippen LogP) is 2.39. The van der Waals surface area contributed by atoms with Gasteiger partial charge in [0, 0.05) is 27.2 Å². The SMILES string of the molecule is CCNC(=NCCc1ccc(C)c(OC)c1)N(C)Cc1ncnn1C.I. The van der Waals surface area contributed by atoms with Crippen molar-refractivity contribution in [2.24, 2.45) is 12.0 Å². The molecule has 1 N–H and O–H groups in total. The van der Waals surface area contributed by atoms with Crippen molar-refractivity contribution in [3.8, 4) is 5.75 Å². The summed E-state index contributed by atoms with van der Waals surface area (Å²) in [4.78, 5) is 11.1. The zero-order valence-electron chi connectivity index (χ0n) is 16.2. The molecule has 0 aliphatic rings. The van der Waals surface area contributed by atoms with E-state index in [9.17, 15) is 0 Å². The summed E-state index contributed by atoms with van der Waals surface area (Å²) in [6.45, 7) is 6.29. The summed E-state index contributed by atoms with van der Waals surface area (Å²) in [5, 5.41) is 7.43. The van der Waals surface area contributed by atoms with Gasteiger partial charge in [0.2, 0.25) is 0 Å². The van der Waals surface area contributed by atoms with E-state index >= 15 is 0 Å². The highest BCUT2D eigenvalue weighted by molar-refractivity contribution is 14.0. The second kappa shape index (κ2) is 11.0. The van der Waals surface area contributed by atoms with Crippen LogP contribution in [0.5, 0.6) is 5.75 Å². The van der Waals surface area contributed by atoms with Crippen molar-refractivity contribution in [1.82, 2.24) is 25.0 Å². The molecule has 0 radical (unpaired) electrons. The summed E-state index contributed by atoms with van der Waals surface area (Å²) in [6, 6.07) is 6.30. The van der Waals surface area contributed by atoms with Crippen LogP contribution in [0.15, 0.2) is 29.5 Å². The molecule has 144 valence electrons. The maximum Gasteiger partial charge on any atom is 0.194 e. The van der Waals surface area contributed by atoms with E-state index in [0.717, 1.165) is 36.1 Å². The minimum absolute atomic E-state index is 0. The molecule has 2 aromatic rings. The lowest BCUT2D eigenvalue weighted by atomic mass is 10.1. The van der Waals surface area contributed by atoms with Crippen molar-refractivity contribution in [1.29, 1.82) is 0 Å². The molecule has 0 atom stereocenters. The first kappa shape index (κ1) is 22.2. The number of halogens is 1. The van der Waals surface area contributed by atoms with Crippen LogP contribution in [0.3, 0.4) is 0 Å². The van der Waals surface area contributed by atoms with E-state index in [4.69, 9.17) is 9.73 Å². The number of methoxy groups -OCH3 is 1. The molecule has 0 saturated carbocycles. The summed E-state index contributed by atoms with van der Waals surface area (Å²) in [7, 11) is 5.60. The van der Waals surface area contributed by atoms with Gasteiger partial charge in [-0.1, -0.05) is 12.1 Å². The van der Waals surface area contributed by atoms with Gasteiger partial charge in [-0.05, 0) is 37.5 Å². The van der Waals surface area contributed by atoms with E-state index in [1.165, 1.54) is 5.56 Å². The Hall–Kier alpha value is -1.84. The van der Waals surface area contributed by atoms with Crippen LogP contribution in [-0.4, -0.2) is 52.9 Å². The number of aliphatic imine (C=N–C) groups is 1. The summed E-state index contributed by atoms with van der Waals surface area (Å²) in [5.74, 6) is 2.69. The van der Waals surface area contributed by atoms with E-state index in [1.54, 1.807) is 18.1 Å². The molecule has 2 rings (SSSR count). The Morgan fingerprint density at radius 2 is 2.15 bits per heavy atom. The molecule has 1 aromatic carbocycles. The smallest absolute Gasteiger partial charge is 0.194 e. The van der Waals surface area contributed by atoms with Gasteiger partial charge >= 0.3 is 0 Å². The third-order valence-corrected chi connectivity index (χ3v) is 4.01. The van der Waals surface area contributed by atoms with Gasteiger partial charge in [0.1, 0.15) is 17.9 Å². The largest absolute Gasteiger partial charge is 0.496 e. The Labute approximate surface area is 172 Å². The molecule has 0 bridgehead atoms. The standard InChI is InChI=1S/C18H28N6O.HI/c1-6-19-18(23(3)12-17-21-13-22-24(17)4)20-10-9-15-8-7-14(2)16(11-15)25-5;/h7-8,11,13H,6,9-10,12H2,1-5H3,(H,19,20);1H. The minimum Gasteiger partial charge on any atom is -0.496 e. The van der Waals surface area contributed by atoms with Gasteiger partial charge in [0.05, 0.1) is 13.7 Å². The zero-order valence-corrected chi connectivity index (χ0v) is 18.5. The van der Waals surface area contributed by atoms with Crippen molar-refractivity contribution in [2.75, 3.05) is 27.2 Å². The van der Waals surface area contributed by atoms with Gasteiger partial charge in [0.25, 0.3) is 0 Å². The molecular formula is C18H29IN6O. The van der Waals surface area contributed by atoms with Gasteiger partial charge in [0.15, 0.2) is 5.96 Å². The van der Waals surface area contributed by atoms with Crippen LogP contribution < -0.4 is 10.1 Å². The highest BCUT2D eigenvalue weighted by atomic mass is 127. The number of guanidine groups is 1. The second-order valence-electron chi connectivity index (χ2n) is 5.95.